The Bertz CT molecular complexity index is 1040. The molecule has 0 heterocycles. The van der Waals surface area contributed by atoms with Gasteiger partial charge in [0.25, 0.3) is 0 Å². The Morgan fingerprint density at radius 1 is 0.508 bits per heavy atom. The van der Waals surface area contributed by atoms with Crippen molar-refractivity contribution in [2.75, 3.05) is 26.4 Å². The van der Waals surface area contributed by atoms with Crippen LogP contribution in [-0.4, -0.2) is 65.7 Å². The third-order valence-corrected chi connectivity index (χ3v) is 11.6. The molecule has 0 radical (unpaired) electrons. The number of rotatable bonds is 46. The van der Waals surface area contributed by atoms with Crippen LogP contribution in [0.2, 0.25) is 0 Å². The van der Waals surface area contributed by atoms with Crippen molar-refractivity contribution in [1.29, 1.82) is 0 Å². The van der Waals surface area contributed by atoms with Crippen LogP contribution in [0, 0.1) is 0 Å². The molecular weight excluding hydrogens is 767 g/mol. The summed E-state index contributed by atoms with van der Waals surface area (Å²) in [5.41, 5.74) is 0. The van der Waals surface area contributed by atoms with Gasteiger partial charge in [-0.05, 0) is 38.5 Å². The number of allylic oxidation sites excluding steroid dienone is 4. The number of esters is 2. The van der Waals surface area contributed by atoms with E-state index in [9.17, 15) is 24.2 Å². The van der Waals surface area contributed by atoms with Crippen LogP contribution >= 0.6 is 7.82 Å². The first-order valence-corrected chi connectivity index (χ1v) is 25.8. The molecule has 1 unspecified atom stereocenters. The third-order valence-electron chi connectivity index (χ3n) is 10.6. The van der Waals surface area contributed by atoms with Gasteiger partial charge in [-0.2, -0.15) is 0 Å². The lowest BCUT2D eigenvalue weighted by Gasteiger charge is -2.20. The van der Waals surface area contributed by atoms with Crippen molar-refractivity contribution in [3.63, 3.8) is 0 Å². The van der Waals surface area contributed by atoms with Gasteiger partial charge in [-0.1, -0.05) is 205 Å². The topological polar surface area (TPSA) is 149 Å². The number of hydrogen-bond acceptors (Lipinski definition) is 9. The van der Waals surface area contributed by atoms with Gasteiger partial charge in [0.2, 0.25) is 0 Å². The summed E-state index contributed by atoms with van der Waals surface area (Å²) < 4.78 is 32.8. The van der Waals surface area contributed by atoms with Crippen molar-refractivity contribution in [1.82, 2.24) is 0 Å². The summed E-state index contributed by atoms with van der Waals surface area (Å²) in [7, 11) is -4.62. The molecule has 0 bridgehead atoms. The predicted molar refractivity (Wildman–Crippen MR) is 242 cm³/mol. The van der Waals surface area contributed by atoms with E-state index in [1.165, 1.54) is 135 Å². The van der Waals surface area contributed by atoms with Crippen LogP contribution in [0.15, 0.2) is 24.3 Å². The number of phosphoric ester groups is 1. The fourth-order valence-electron chi connectivity index (χ4n) is 6.87. The Morgan fingerprint density at radius 3 is 1.29 bits per heavy atom. The van der Waals surface area contributed by atoms with Crippen LogP contribution in [0.5, 0.6) is 0 Å². The van der Waals surface area contributed by atoms with Gasteiger partial charge < -0.3 is 24.6 Å². The van der Waals surface area contributed by atoms with Crippen molar-refractivity contribution in [2.45, 2.75) is 244 Å². The summed E-state index contributed by atoms with van der Waals surface area (Å²) in [4.78, 5) is 35.1. The van der Waals surface area contributed by atoms with Crippen LogP contribution in [0.4, 0.5) is 0 Å². The van der Waals surface area contributed by atoms with E-state index in [1.54, 1.807) is 0 Å². The van der Waals surface area contributed by atoms with Gasteiger partial charge in [-0.15, -0.1) is 0 Å². The van der Waals surface area contributed by atoms with E-state index in [4.69, 9.17) is 23.6 Å². The molecule has 0 aliphatic rings. The van der Waals surface area contributed by atoms with Gasteiger partial charge in [0.05, 0.1) is 19.8 Å². The van der Waals surface area contributed by atoms with Gasteiger partial charge in [0.15, 0.2) is 6.10 Å². The number of carbonyl (C=O) groups excluding carboxylic acids is 2. The molecule has 0 rings (SSSR count). The summed E-state index contributed by atoms with van der Waals surface area (Å²) in [5, 5.41) is 18.4. The molecule has 348 valence electrons. The first-order valence-electron chi connectivity index (χ1n) is 24.3. The highest BCUT2D eigenvalue weighted by molar-refractivity contribution is 7.47. The SMILES string of the molecule is CCCCCC/C=C/C=C/CCCCCCCC(=O)OC[C@H](COP(=O)(O)OC[C@@H](O)CO)OC(=O)CCCCCCCCCCCCCCCCCCCCCCC. The number of unbranched alkanes of at least 4 members (excludes halogenated alkanes) is 29. The smallest absolute Gasteiger partial charge is 0.462 e. The molecule has 10 nitrogen and oxygen atoms in total. The first kappa shape index (κ1) is 57.4. The number of hydrogen-bond donors (Lipinski definition) is 3. The normalized spacial score (nSPS) is 13.9. The number of ether oxygens (including phenoxy) is 2. The lowest BCUT2D eigenvalue weighted by atomic mass is 10.0. The molecular formula is C48H91O10P. The van der Waals surface area contributed by atoms with Crippen LogP contribution in [0.3, 0.4) is 0 Å². The Kier molecular flexibility index (Phi) is 43.3. The monoisotopic (exact) mass is 859 g/mol. The van der Waals surface area contributed by atoms with E-state index >= 15 is 0 Å². The summed E-state index contributed by atoms with van der Waals surface area (Å²) in [5.74, 6) is -0.931. The highest BCUT2D eigenvalue weighted by atomic mass is 31.2. The lowest BCUT2D eigenvalue weighted by molar-refractivity contribution is -0.161. The maximum Gasteiger partial charge on any atom is 0.472 e. The zero-order chi connectivity index (χ0) is 43.3. The maximum absolute atomic E-state index is 12.7. The van der Waals surface area contributed by atoms with Gasteiger partial charge in [-0.25, -0.2) is 4.57 Å². The molecule has 0 spiro atoms. The van der Waals surface area contributed by atoms with E-state index in [1.807, 2.05) is 0 Å². The molecule has 0 aromatic carbocycles. The van der Waals surface area contributed by atoms with E-state index in [-0.39, 0.29) is 19.4 Å². The van der Waals surface area contributed by atoms with Crippen LogP contribution in [0.1, 0.15) is 232 Å². The second kappa shape index (κ2) is 44.5. The second-order valence-electron chi connectivity index (χ2n) is 16.5. The number of aliphatic hydroxyl groups excluding tert-OH is 2. The zero-order valence-corrected chi connectivity index (χ0v) is 38.9. The molecule has 59 heavy (non-hydrogen) atoms. The van der Waals surface area contributed by atoms with Gasteiger partial charge in [-0.3, -0.25) is 18.6 Å². The average Bonchev–Trinajstić information content (AvgIpc) is 3.22. The van der Waals surface area contributed by atoms with E-state index in [0.29, 0.717) is 12.8 Å². The quantitative estimate of drug-likeness (QED) is 0.0234. The molecule has 11 heteroatoms. The average molecular weight is 859 g/mol. The number of aliphatic hydroxyl groups is 2. The first-order chi connectivity index (χ1) is 28.7. The molecule has 3 atom stereocenters. The Labute approximate surface area is 361 Å². The highest BCUT2D eigenvalue weighted by Gasteiger charge is 2.27. The van der Waals surface area contributed by atoms with Gasteiger partial charge >= 0.3 is 19.8 Å². The minimum atomic E-state index is -4.62. The molecule has 0 fully saturated rings. The summed E-state index contributed by atoms with van der Waals surface area (Å²) in [6.45, 7) is 2.38. The van der Waals surface area contributed by atoms with Gasteiger partial charge in [0.1, 0.15) is 12.7 Å². The lowest BCUT2D eigenvalue weighted by Crippen LogP contribution is -2.29. The van der Waals surface area contributed by atoms with Crippen LogP contribution in [0.25, 0.3) is 0 Å². The molecule has 0 aliphatic heterocycles. The minimum Gasteiger partial charge on any atom is -0.462 e. The van der Waals surface area contributed by atoms with Crippen molar-refractivity contribution >= 4 is 19.8 Å². The van der Waals surface area contributed by atoms with E-state index in [0.717, 1.165) is 57.8 Å². The maximum atomic E-state index is 12.7. The van der Waals surface area contributed by atoms with E-state index in [2.05, 4.69) is 38.2 Å². The summed E-state index contributed by atoms with van der Waals surface area (Å²) in [6.07, 6.45) is 45.7. The van der Waals surface area contributed by atoms with Gasteiger partial charge in [0, 0.05) is 12.8 Å². The zero-order valence-electron chi connectivity index (χ0n) is 38.0. The summed E-state index contributed by atoms with van der Waals surface area (Å²) in [6, 6.07) is 0. The van der Waals surface area contributed by atoms with E-state index < -0.39 is 51.8 Å². The molecule has 0 saturated heterocycles. The Hall–Kier alpha value is -1.55. The number of phosphoric acid groups is 1. The van der Waals surface area contributed by atoms with Crippen LogP contribution < -0.4 is 0 Å². The molecule has 0 aliphatic carbocycles. The highest BCUT2D eigenvalue weighted by Crippen LogP contribution is 2.43. The molecule has 0 amide bonds. The predicted octanol–water partition coefficient (Wildman–Crippen LogP) is 13.3. The molecule has 0 aromatic rings. The largest absolute Gasteiger partial charge is 0.472 e. The fourth-order valence-corrected chi connectivity index (χ4v) is 7.66. The second-order valence-corrected chi connectivity index (χ2v) is 18.0. The molecule has 3 N–H and O–H groups in total. The van der Waals surface area contributed by atoms with Crippen molar-refractivity contribution in [3.05, 3.63) is 24.3 Å². The number of carbonyl (C=O) groups is 2. The Morgan fingerprint density at radius 2 is 0.864 bits per heavy atom. The standard InChI is InChI=1S/C48H91O10P/c1-3-5-7-9-11-13-15-17-19-20-21-22-23-24-26-28-30-32-34-36-38-40-48(52)58-46(44-57-59(53,54)56-42-45(50)41-49)43-55-47(51)39-37-35-33-31-29-27-25-18-16-14-12-10-8-6-4-2/h14,16,18,25,45-46,49-50H,3-13,15,17,19-24,26-44H2,1-2H3,(H,53,54)/b16-14+,25-18+/t45-,46+/m0/s1. The van der Waals surface area contributed by atoms with Crippen molar-refractivity contribution in [3.8, 4) is 0 Å². The summed E-state index contributed by atoms with van der Waals surface area (Å²) >= 11 is 0. The Balaban J connectivity index is 4.19. The molecule has 0 aromatic heterocycles. The van der Waals surface area contributed by atoms with Crippen molar-refractivity contribution < 1.29 is 47.8 Å². The van der Waals surface area contributed by atoms with Crippen LogP contribution in [-0.2, 0) is 32.7 Å². The fraction of sp³-hybridized carbons (Fsp3) is 0.875. The molecule has 0 saturated carbocycles. The third kappa shape index (κ3) is 44.3. The van der Waals surface area contributed by atoms with Crippen molar-refractivity contribution in [2.24, 2.45) is 0 Å². The minimum absolute atomic E-state index is 0.186.